The summed E-state index contributed by atoms with van der Waals surface area (Å²) in [6, 6.07) is 9.11. The first kappa shape index (κ1) is 18.5. The van der Waals surface area contributed by atoms with Crippen LogP contribution in [-0.4, -0.2) is 55.0 Å². The normalized spacial score (nSPS) is 15.6. The Balaban J connectivity index is 1.85. The number of ether oxygens (including phenoxy) is 1. The molecule has 0 N–H and O–H groups in total. The van der Waals surface area contributed by atoms with Crippen LogP contribution >= 0.6 is 0 Å². The zero-order chi connectivity index (χ0) is 19.7. The number of fused-ring (bicyclic) bond motifs is 1. The van der Waals surface area contributed by atoms with Crippen molar-refractivity contribution in [1.29, 1.82) is 0 Å². The highest BCUT2D eigenvalue weighted by Crippen LogP contribution is 2.27. The van der Waals surface area contributed by atoms with E-state index in [2.05, 4.69) is 9.97 Å². The molecule has 0 atom stereocenters. The lowest BCUT2D eigenvalue weighted by molar-refractivity contribution is -0.254. The van der Waals surface area contributed by atoms with Gasteiger partial charge < -0.3 is 14.6 Å². The molecule has 1 aliphatic heterocycles. The topological polar surface area (TPSA) is 113 Å². The Labute approximate surface area is 161 Å². The Hall–Kier alpha value is -2.88. The third-order valence-electron chi connectivity index (χ3n) is 4.58. The monoisotopic (exact) mass is 398 g/mol. The number of carbonyl (C=O) groups is 1. The van der Waals surface area contributed by atoms with Gasteiger partial charge in [-0.3, -0.25) is 4.98 Å². The number of rotatable bonds is 4. The molecule has 1 fully saturated rings. The predicted molar refractivity (Wildman–Crippen MR) is 98.9 cm³/mol. The van der Waals surface area contributed by atoms with E-state index in [9.17, 15) is 18.3 Å². The molecule has 1 saturated heterocycles. The second kappa shape index (κ2) is 7.27. The zero-order valence-corrected chi connectivity index (χ0v) is 15.6. The summed E-state index contributed by atoms with van der Waals surface area (Å²) >= 11 is 0. The number of hydrogen-bond acceptors (Lipinski definition) is 7. The highest BCUT2D eigenvalue weighted by molar-refractivity contribution is 7.89. The number of carbonyl (C=O) groups excluding carboxylic acids is 1. The van der Waals surface area contributed by atoms with Gasteiger partial charge in [0.05, 0.1) is 35.3 Å². The number of carboxylic acids is 1. The number of nitrogens with zero attached hydrogens (tertiary/aromatic N) is 3. The van der Waals surface area contributed by atoms with Gasteiger partial charge in [0.1, 0.15) is 0 Å². The Morgan fingerprint density at radius 3 is 2.46 bits per heavy atom. The quantitative estimate of drug-likeness (QED) is 0.635. The van der Waals surface area contributed by atoms with E-state index < -0.39 is 16.0 Å². The summed E-state index contributed by atoms with van der Waals surface area (Å²) in [4.78, 5) is 20.2. The van der Waals surface area contributed by atoms with E-state index in [0.29, 0.717) is 30.0 Å². The maximum absolute atomic E-state index is 12.9. The Morgan fingerprint density at radius 1 is 1.07 bits per heavy atom. The molecule has 0 aliphatic carbocycles. The molecule has 28 heavy (non-hydrogen) atoms. The van der Waals surface area contributed by atoms with E-state index in [1.54, 1.807) is 24.5 Å². The number of aromatic carboxylic acids is 1. The second-order valence-electron chi connectivity index (χ2n) is 6.27. The fourth-order valence-electron chi connectivity index (χ4n) is 3.14. The van der Waals surface area contributed by atoms with Crippen molar-refractivity contribution in [3.8, 4) is 11.3 Å². The van der Waals surface area contributed by atoms with Crippen LogP contribution in [0.2, 0.25) is 0 Å². The summed E-state index contributed by atoms with van der Waals surface area (Å²) in [6.45, 7) is 1.17. The van der Waals surface area contributed by atoms with Crippen LogP contribution in [0.1, 0.15) is 10.4 Å². The fraction of sp³-hybridized carbons (Fsp3) is 0.211. The largest absolute Gasteiger partial charge is 0.545 e. The minimum absolute atomic E-state index is 0.0165. The van der Waals surface area contributed by atoms with Gasteiger partial charge in [-0.25, -0.2) is 13.4 Å². The number of sulfonamides is 1. The van der Waals surface area contributed by atoms with E-state index >= 15 is 0 Å². The molecule has 0 saturated carbocycles. The summed E-state index contributed by atoms with van der Waals surface area (Å²) in [6.07, 6.45) is 3.16. The van der Waals surface area contributed by atoms with Crippen molar-refractivity contribution in [3.05, 3.63) is 54.4 Å². The number of aromatic nitrogens is 2. The molecular formula is C19H16N3O5S-. The van der Waals surface area contributed by atoms with Crippen LogP contribution < -0.4 is 5.11 Å². The number of hydrogen-bond donors (Lipinski definition) is 0. The van der Waals surface area contributed by atoms with Crippen LogP contribution in [0.25, 0.3) is 22.2 Å². The van der Waals surface area contributed by atoms with Crippen molar-refractivity contribution in [3.63, 3.8) is 0 Å². The van der Waals surface area contributed by atoms with E-state index in [4.69, 9.17) is 4.74 Å². The average molecular weight is 398 g/mol. The van der Waals surface area contributed by atoms with Crippen LogP contribution in [0.4, 0.5) is 0 Å². The van der Waals surface area contributed by atoms with Gasteiger partial charge in [-0.15, -0.1) is 0 Å². The summed E-state index contributed by atoms with van der Waals surface area (Å²) < 4.78 is 32.3. The molecule has 0 amide bonds. The smallest absolute Gasteiger partial charge is 0.243 e. The summed E-state index contributed by atoms with van der Waals surface area (Å²) in [7, 11) is -3.75. The maximum atomic E-state index is 12.9. The summed E-state index contributed by atoms with van der Waals surface area (Å²) in [5.41, 5.74) is 1.40. The number of carboxylic acid groups (broad SMARTS) is 1. The van der Waals surface area contributed by atoms with Crippen LogP contribution in [0.15, 0.2) is 53.7 Å². The predicted octanol–water partition coefficient (Wildman–Crippen LogP) is 0.681. The van der Waals surface area contributed by atoms with Gasteiger partial charge in [0.25, 0.3) is 0 Å². The SMILES string of the molecule is O=C([O-])c1cc(-c2ccncc2)nc2ccc(S(=O)(=O)N3CCOCC3)cc12. The van der Waals surface area contributed by atoms with Gasteiger partial charge in [-0.2, -0.15) is 4.31 Å². The molecule has 2 aromatic heterocycles. The molecular weight excluding hydrogens is 382 g/mol. The highest BCUT2D eigenvalue weighted by atomic mass is 32.2. The highest BCUT2D eigenvalue weighted by Gasteiger charge is 2.26. The van der Waals surface area contributed by atoms with E-state index in [0.717, 1.165) is 0 Å². The maximum Gasteiger partial charge on any atom is 0.243 e. The van der Waals surface area contributed by atoms with E-state index in [-0.39, 0.29) is 28.9 Å². The van der Waals surface area contributed by atoms with Crippen molar-refractivity contribution >= 4 is 26.9 Å². The van der Waals surface area contributed by atoms with E-state index in [1.165, 1.54) is 28.6 Å². The zero-order valence-electron chi connectivity index (χ0n) is 14.7. The molecule has 3 heterocycles. The van der Waals surface area contributed by atoms with Crippen LogP contribution in [-0.2, 0) is 14.8 Å². The van der Waals surface area contributed by atoms with Crippen LogP contribution in [0, 0.1) is 0 Å². The minimum atomic E-state index is -3.75. The lowest BCUT2D eigenvalue weighted by atomic mass is 10.0. The van der Waals surface area contributed by atoms with Gasteiger partial charge in [0.2, 0.25) is 10.0 Å². The lowest BCUT2D eigenvalue weighted by Gasteiger charge is -2.26. The Kier molecular flexibility index (Phi) is 4.80. The molecule has 0 radical (unpaired) electrons. The molecule has 8 nitrogen and oxygen atoms in total. The summed E-state index contributed by atoms with van der Waals surface area (Å²) in [5, 5.41) is 11.9. The van der Waals surface area contributed by atoms with Gasteiger partial charge in [0, 0.05) is 42.0 Å². The molecule has 0 bridgehead atoms. The third kappa shape index (κ3) is 3.35. The molecule has 144 valence electrons. The average Bonchev–Trinajstić information content (AvgIpc) is 2.73. The molecule has 0 unspecified atom stereocenters. The van der Waals surface area contributed by atoms with Crippen LogP contribution in [0.3, 0.4) is 0 Å². The molecule has 1 aromatic carbocycles. The van der Waals surface area contributed by atoms with Crippen molar-refractivity contribution in [2.24, 2.45) is 0 Å². The third-order valence-corrected chi connectivity index (χ3v) is 6.48. The van der Waals surface area contributed by atoms with E-state index in [1.807, 2.05) is 0 Å². The number of pyridine rings is 2. The van der Waals surface area contributed by atoms with Crippen LogP contribution in [0.5, 0.6) is 0 Å². The first-order valence-corrected chi connectivity index (χ1v) is 10.1. The minimum Gasteiger partial charge on any atom is -0.545 e. The van der Waals surface area contributed by atoms with Crippen molar-refractivity contribution in [1.82, 2.24) is 14.3 Å². The standard InChI is InChI=1S/C19H17N3O5S/c23-19(24)16-12-18(13-3-5-20-6-4-13)21-17-2-1-14(11-15(16)17)28(25,26)22-7-9-27-10-8-22/h1-6,11-12H,7-10H2,(H,23,24)/p-1. The van der Waals surface area contributed by atoms with Gasteiger partial charge in [-0.05, 0) is 36.4 Å². The number of morpholine rings is 1. The Morgan fingerprint density at radius 2 is 1.79 bits per heavy atom. The lowest BCUT2D eigenvalue weighted by Crippen LogP contribution is -2.40. The molecule has 4 rings (SSSR count). The van der Waals surface area contributed by atoms with Gasteiger partial charge in [-0.1, -0.05) is 0 Å². The second-order valence-corrected chi connectivity index (χ2v) is 8.21. The van der Waals surface area contributed by atoms with Crippen molar-refractivity contribution < 1.29 is 23.1 Å². The summed E-state index contributed by atoms with van der Waals surface area (Å²) in [5.74, 6) is -1.40. The number of benzene rings is 1. The first-order chi connectivity index (χ1) is 13.5. The van der Waals surface area contributed by atoms with Crippen molar-refractivity contribution in [2.45, 2.75) is 4.90 Å². The van der Waals surface area contributed by atoms with Crippen molar-refractivity contribution in [2.75, 3.05) is 26.3 Å². The molecule has 3 aromatic rings. The molecule has 9 heteroatoms. The molecule has 1 aliphatic rings. The fourth-order valence-corrected chi connectivity index (χ4v) is 4.58. The van der Waals surface area contributed by atoms with Gasteiger partial charge in [0.15, 0.2) is 0 Å². The molecule has 0 spiro atoms. The van der Waals surface area contributed by atoms with Gasteiger partial charge >= 0.3 is 0 Å². The first-order valence-electron chi connectivity index (χ1n) is 8.61. The Bertz CT molecular complexity index is 1140.